The molecule has 0 fully saturated rings. The summed E-state index contributed by atoms with van der Waals surface area (Å²) in [5, 5.41) is 3.82. The van der Waals surface area contributed by atoms with Crippen molar-refractivity contribution in [3.63, 3.8) is 0 Å². The van der Waals surface area contributed by atoms with Crippen molar-refractivity contribution in [2.75, 3.05) is 0 Å². The monoisotopic (exact) mass is 416 g/mol. The molecule has 0 aliphatic rings. The van der Waals surface area contributed by atoms with Crippen LogP contribution in [0.5, 0.6) is 0 Å². The maximum absolute atomic E-state index is 6.47. The Morgan fingerprint density at radius 3 is 2.45 bits per heavy atom. The average molecular weight is 417 g/mol. The lowest BCUT2D eigenvalue weighted by molar-refractivity contribution is 0.764. The van der Waals surface area contributed by atoms with Crippen molar-refractivity contribution in [2.45, 2.75) is 13.0 Å². The fourth-order valence-corrected chi connectivity index (χ4v) is 4.34. The number of benzene rings is 4. The van der Waals surface area contributed by atoms with E-state index in [9.17, 15) is 0 Å². The zero-order valence-electron chi connectivity index (χ0n) is 15.6. The van der Waals surface area contributed by atoms with E-state index in [4.69, 9.17) is 28.2 Å². The predicted molar refractivity (Wildman–Crippen MR) is 122 cm³/mol. The topological polar surface area (TPSA) is 17.8 Å². The molecule has 5 rings (SSSR count). The molecule has 4 aromatic carbocycles. The molecule has 1 heterocycles. The van der Waals surface area contributed by atoms with Gasteiger partial charge in [0, 0.05) is 16.5 Å². The van der Waals surface area contributed by atoms with Crippen LogP contribution in [0.15, 0.2) is 84.9 Å². The molecule has 142 valence electrons. The second-order valence-electron chi connectivity index (χ2n) is 7.15. The number of halogens is 2. The number of fused-ring (bicyclic) bond motifs is 2. The minimum Gasteiger partial charge on any atom is -0.323 e. The van der Waals surface area contributed by atoms with Crippen molar-refractivity contribution >= 4 is 45.0 Å². The molecule has 29 heavy (non-hydrogen) atoms. The van der Waals surface area contributed by atoms with Gasteiger partial charge in [0.15, 0.2) is 0 Å². The largest absolute Gasteiger partial charge is 0.323 e. The number of imidazole rings is 1. The van der Waals surface area contributed by atoms with Crippen LogP contribution >= 0.6 is 23.2 Å². The Bertz CT molecular complexity index is 1330. The minimum absolute atomic E-state index is 0.644. The first-order chi connectivity index (χ1) is 14.2. The van der Waals surface area contributed by atoms with Crippen LogP contribution in [0.1, 0.15) is 17.0 Å². The van der Waals surface area contributed by atoms with Crippen LogP contribution in [0.4, 0.5) is 0 Å². The van der Waals surface area contributed by atoms with E-state index in [1.807, 2.05) is 24.3 Å². The molecule has 4 heteroatoms. The fourth-order valence-electron chi connectivity index (χ4n) is 3.87. The minimum atomic E-state index is 0.644. The van der Waals surface area contributed by atoms with E-state index in [2.05, 4.69) is 59.2 Å². The lowest BCUT2D eigenvalue weighted by Crippen LogP contribution is -2.06. The molecular weight excluding hydrogens is 399 g/mol. The molecule has 2 nitrogen and oxygen atoms in total. The van der Waals surface area contributed by atoms with Crippen LogP contribution in [0.2, 0.25) is 10.0 Å². The fraction of sp³-hybridized carbons (Fsp3) is 0.0800. The molecule has 0 N–H and O–H groups in total. The Morgan fingerprint density at radius 1 is 0.759 bits per heavy atom. The Morgan fingerprint density at radius 2 is 1.55 bits per heavy atom. The van der Waals surface area contributed by atoms with Gasteiger partial charge in [-0.15, -0.1) is 0 Å². The lowest BCUT2D eigenvalue weighted by atomic mass is 10.0. The molecule has 0 aliphatic carbocycles. The molecule has 0 saturated carbocycles. The quantitative estimate of drug-likeness (QED) is 0.304. The number of nitrogens with zero attached hydrogens (tertiary/aromatic N) is 2. The van der Waals surface area contributed by atoms with Crippen molar-refractivity contribution < 1.29 is 0 Å². The van der Waals surface area contributed by atoms with E-state index in [1.54, 1.807) is 6.07 Å². The molecule has 0 saturated heterocycles. The summed E-state index contributed by atoms with van der Waals surface area (Å²) in [5.41, 5.74) is 4.39. The van der Waals surface area contributed by atoms with Gasteiger partial charge in [0.2, 0.25) is 0 Å². The van der Waals surface area contributed by atoms with Gasteiger partial charge in [-0.25, -0.2) is 4.98 Å². The lowest BCUT2D eigenvalue weighted by Gasteiger charge is -2.12. The second kappa shape index (κ2) is 7.55. The number of hydrogen-bond donors (Lipinski definition) is 0. The van der Waals surface area contributed by atoms with Crippen molar-refractivity contribution in [3.8, 4) is 0 Å². The van der Waals surface area contributed by atoms with Crippen LogP contribution < -0.4 is 0 Å². The van der Waals surface area contributed by atoms with Crippen molar-refractivity contribution in [1.82, 2.24) is 9.55 Å². The van der Waals surface area contributed by atoms with Crippen LogP contribution in [-0.4, -0.2) is 9.55 Å². The molecule has 0 amide bonds. The molecule has 0 aliphatic heterocycles. The number of aromatic nitrogens is 2. The van der Waals surface area contributed by atoms with Gasteiger partial charge >= 0.3 is 0 Å². The van der Waals surface area contributed by atoms with Gasteiger partial charge in [-0.1, -0.05) is 83.9 Å². The highest BCUT2D eigenvalue weighted by Crippen LogP contribution is 2.27. The normalized spacial score (nSPS) is 11.4. The number of rotatable bonds is 4. The third-order valence-electron chi connectivity index (χ3n) is 5.31. The van der Waals surface area contributed by atoms with Crippen LogP contribution in [0.25, 0.3) is 21.8 Å². The number of hydrogen-bond acceptors (Lipinski definition) is 1. The summed E-state index contributed by atoms with van der Waals surface area (Å²) in [7, 11) is 0. The SMILES string of the molecule is Clc1ccc(Cn2c(Cc3cccc4ccccc34)nc3ccccc32)c(Cl)c1. The smallest absolute Gasteiger partial charge is 0.114 e. The summed E-state index contributed by atoms with van der Waals surface area (Å²) >= 11 is 12.6. The molecule has 0 bridgehead atoms. The summed E-state index contributed by atoms with van der Waals surface area (Å²) in [5.74, 6) is 1.02. The Balaban J connectivity index is 1.63. The maximum atomic E-state index is 6.47. The maximum Gasteiger partial charge on any atom is 0.114 e. The molecule has 0 spiro atoms. The summed E-state index contributed by atoms with van der Waals surface area (Å²) in [4.78, 5) is 4.95. The van der Waals surface area contributed by atoms with Crippen LogP contribution in [0, 0.1) is 0 Å². The highest BCUT2D eigenvalue weighted by atomic mass is 35.5. The summed E-state index contributed by atoms with van der Waals surface area (Å²) in [6.07, 6.45) is 0.751. The van der Waals surface area contributed by atoms with Gasteiger partial charge in [0.25, 0.3) is 0 Å². The Kier molecular flexibility index (Phi) is 4.75. The van der Waals surface area contributed by atoms with Gasteiger partial charge in [-0.05, 0) is 46.2 Å². The van der Waals surface area contributed by atoms with Gasteiger partial charge in [-0.3, -0.25) is 0 Å². The Hall–Kier alpha value is -2.81. The highest BCUT2D eigenvalue weighted by Gasteiger charge is 2.14. The molecule has 0 radical (unpaired) electrons. The third-order valence-corrected chi connectivity index (χ3v) is 5.89. The van der Waals surface area contributed by atoms with Crippen molar-refractivity contribution in [1.29, 1.82) is 0 Å². The standard InChI is InChI=1S/C25H18Cl2N2/c26-20-13-12-19(22(27)15-20)16-29-24-11-4-3-10-23(24)28-25(29)14-18-8-5-7-17-6-1-2-9-21(17)18/h1-13,15H,14,16H2. The van der Waals surface area contributed by atoms with Crippen molar-refractivity contribution in [2.24, 2.45) is 0 Å². The second-order valence-corrected chi connectivity index (χ2v) is 8.00. The zero-order valence-corrected chi connectivity index (χ0v) is 17.2. The summed E-state index contributed by atoms with van der Waals surface area (Å²) in [6.45, 7) is 0.649. The van der Waals surface area contributed by atoms with Gasteiger partial charge in [0.05, 0.1) is 17.6 Å². The molecule has 0 atom stereocenters. The van der Waals surface area contributed by atoms with E-state index in [0.29, 0.717) is 16.6 Å². The average Bonchev–Trinajstić information content (AvgIpc) is 3.07. The first-order valence-electron chi connectivity index (χ1n) is 9.54. The van der Waals surface area contributed by atoms with Crippen molar-refractivity contribution in [3.05, 3.63) is 112 Å². The van der Waals surface area contributed by atoms with Gasteiger partial charge < -0.3 is 4.57 Å². The van der Waals surface area contributed by atoms with Crippen LogP contribution in [-0.2, 0) is 13.0 Å². The molecular formula is C25H18Cl2N2. The number of para-hydroxylation sites is 2. The third kappa shape index (κ3) is 3.50. The molecule has 0 unspecified atom stereocenters. The molecule has 5 aromatic rings. The van der Waals surface area contributed by atoms with E-state index in [1.165, 1.54) is 16.3 Å². The van der Waals surface area contributed by atoms with E-state index < -0.39 is 0 Å². The first-order valence-corrected chi connectivity index (χ1v) is 10.3. The van der Waals surface area contributed by atoms with Gasteiger partial charge in [-0.2, -0.15) is 0 Å². The van der Waals surface area contributed by atoms with E-state index >= 15 is 0 Å². The van der Waals surface area contributed by atoms with Gasteiger partial charge in [0.1, 0.15) is 5.82 Å². The van der Waals surface area contributed by atoms with E-state index in [0.717, 1.165) is 28.8 Å². The zero-order chi connectivity index (χ0) is 19.8. The highest BCUT2D eigenvalue weighted by molar-refractivity contribution is 6.35. The van der Waals surface area contributed by atoms with Crippen LogP contribution in [0.3, 0.4) is 0 Å². The first kappa shape index (κ1) is 18.2. The molecule has 1 aromatic heterocycles. The predicted octanol–water partition coefficient (Wildman–Crippen LogP) is 7.14. The summed E-state index contributed by atoms with van der Waals surface area (Å²) < 4.78 is 2.26. The summed E-state index contributed by atoms with van der Waals surface area (Å²) in [6, 6.07) is 28.8. The Labute approximate surface area is 179 Å². The van der Waals surface area contributed by atoms with E-state index in [-0.39, 0.29) is 0 Å².